The van der Waals surface area contributed by atoms with Crippen LogP contribution in [0.25, 0.3) is 0 Å². The van der Waals surface area contributed by atoms with E-state index >= 15 is 0 Å². The van der Waals surface area contributed by atoms with Gasteiger partial charge in [0.05, 0.1) is 5.56 Å². The van der Waals surface area contributed by atoms with Gasteiger partial charge >= 0.3 is 0 Å². The van der Waals surface area contributed by atoms with Gasteiger partial charge in [-0.3, -0.25) is 9.59 Å². The fourth-order valence-corrected chi connectivity index (χ4v) is 5.48. The molecule has 1 saturated heterocycles. The van der Waals surface area contributed by atoms with Crippen LogP contribution in [-0.2, 0) is 12.8 Å². The third-order valence-electron chi connectivity index (χ3n) is 5.09. The molecule has 0 radical (unpaired) electrons. The monoisotopic (exact) mass is 360 g/mol. The minimum Gasteiger partial charge on any atom is -0.339 e. The van der Waals surface area contributed by atoms with Crippen molar-refractivity contribution in [2.24, 2.45) is 5.92 Å². The summed E-state index contributed by atoms with van der Waals surface area (Å²) in [6.07, 6.45) is 7.76. The number of carbonyl (C=O) groups is 2. The minimum atomic E-state index is 0.0107. The van der Waals surface area contributed by atoms with Gasteiger partial charge < -0.3 is 4.90 Å². The summed E-state index contributed by atoms with van der Waals surface area (Å²) in [6, 6.07) is 0. The second-order valence-corrected chi connectivity index (χ2v) is 8.38. The molecule has 1 aliphatic carbocycles. The molecule has 0 bridgehead atoms. The maximum Gasteiger partial charge on any atom is 0.254 e. The first-order chi connectivity index (χ1) is 11.7. The number of hydrogen-bond donors (Lipinski definition) is 0. The Hall–Kier alpha value is -1.53. The van der Waals surface area contributed by atoms with E-state index in [4.69, 9.17) is 0 Å². The summed E-state index contributed by atoms with van der Waals surface area (Å²) >= 11 is 3.14. The van der Waals surface area contributed by atoms with E-state index < -0.39 is 0 Å². The molecular formula is C18H20N2O2S2. The molecule has 0 saturated carbocycles. The molecule has 0 unspecified atom stereocenters. The Balaban J connectivity index is 1.41. The lowest BCUT2D eigenvalue weighted by atomic mass is 9.91. The van der Waals surface area contributed by atoms with Crippen molar-refractivity contribution in [2.75, 3.05) is 13.1 Å². The summed E-state index contributed by atoms with van der Waals surface area (Å²) in [5.41, 5.74) is 2.21. The Morgan fingerprint density at radius 2 is 1.92 bits per heavy atom. The highest BCUT2D eigenvalue weighted by atomic mass is 32.1. The summed E-state index contributed by atoms with van der Waals surface area (Å²) < 4.78 is 0. The zero-order valence-electron chi connectivity index (χ0n) is 13.5. The van der Waals surface area contributed by atoms with Crippen LogP contribution >= 0.6 is 22.7 Å². The molecule has 3 heterocycles. The van der Waals surface area contributed by atoms with E-state index in [0.29, 0.717) is 18.1 Å². The third-order valence-corrected chi connectivity index (χ3v) is 6.96. The lowest BCUT2D eigenvalue weighted by Crippen LogP contribution is -2.40. The van der Waals surface area contributed by atoms with Crippen molar-refractivity contribution in [1.82, 2.24) is 9.88 Å². The quantitative estimate of drug-likeness (QED) is 0.782. The summed E-state index contributed by atoms with van der Waals surface area (Å²) in [5, 5.41) is 4.49. The zero-order valence-corrected chi connectivity index (χ0v) is 15.1. The van der Waals surface area contributed by atoms with Gasteiger partial charge in [0.1, 0.15) is 0 Å². The number of likely N-dealkylation sites (tertiary alicyclic amines) is 1. The first-order valence-corrected chi connectivity index (χ1v) is 10.3. The predicted octanol–water partition coefficient (Wildman–Crippen LogP) is 3.82. The lowest BCUT2D eigenvalue weighted by molar-refractivity contribution is 0.0649. The van der Waals surface area contributed by atoms with Crippen LogP contribution in [0.5, 0.6) is 0 Å². The lowest BCUT2D eigenvalue weighted by Gasteiger charge is -2.31. The average Bonchev–Trinajstić information content (AvgIpc) is 3.30. The van der Waals surface area contributed by atoms with Crippen LogP contribution < -0.4 is 0 Å². The topological polar surface area (TPSA) is 50.3 Å². The molecule has 4 rings (SSSR count). The van der Waals surface area contributed by atoms with Gasteiger partial charge in [0.25, 0.3) is 5.91 Å². The summed E-state index contributed by atoms with van der Waals surface area (Å²) in [4.78, 5) is 32.7. The zero-order chi connectivity index (χ0) is 16.5. The summed E-state index contributed by atoms with van der Waals surface area (Å²) in [5.74, 6) is 0.316. The van der Waals surface area contributed by atoms with Gasteiger partial charge in [-0.1, -0.05) is 0 Å². The number of fused-ring (bicyclic) bond motifs is 1. The van der Waals surface area contributed by atoms with Gasteiger partial charge in [-0.15, -0.1) is 22.7 Å². The second-order valence-electron chi connectivity index (χ2n) is 6.53. The molecule has 0 spiro atoms. The fourth-order valence-electron chi connectivity index (χ4n) is 3.71. The normalized spacial score (nSPS) is 18.4. The van der Waals surface area contributed by atoms with Gasteiger partial charge in [0.15, 0.2) is 10.8 Å². The van der Waals surface area contributed by atoms with Crippen molar-refractivity contribution < 1.29 is 9.59 Å². The van der Waals surface area contributed by atoms with Crippen molar-refractivity contribution in [3.8, 4) is 0 Å². The number of piperidine rings is 1. The van der Waals surface area contributed by atoms with Gasteiger partial charge in [-0.2, -0.15) is 0 Å². The van der Waals surface area contributed by atoms with Crippen LogP contribution in [0, 0.1) is 5.92 Å². The predicted molar refractivity (Wildman–Crippen MR) is 96.0 cm³/mol. The number of ketones is 1. The summed E-state index contributed by atoms with van der Waals surface area (Å²) in [6.45, 7) is 1.34. The molecule has 0 N–H and O–H groups in total. The molecule has 2 aliphatic rings. The number of thiophene rings is 1. The largest absolute Gasteiger partial charge is 0.339 e. The Labute approximate surface area is 149 Å². The van der Waals surface area contributed by atoms with Crippen LogP contribution in [-0.4, -0.2) is 34.7 Å². The van der Waals surface area contributed by atoms with Crippen LogP contribution in [0.4, 0.5) is 0 Å². The average molecular weight is 361 g/mol. The Morgan fingerprint density at radius 1 is 1.12 bits per heavy atom. The minimum absolute atomic E-state index is 0.0107. The molecule has 2 aromatic rings. The number of Topliss-reactive ketones (excluding diaryl/α,β-unsaturated/α-hetero) is 1. The number of hydrogen-bond acceptors (Lipinski definition) is 5. The number of aryl methyl sites for hydroxylation is 1. The number of carbonyl (C=O) groups excluding carboxylic acids is 2. The number of nitrogens with zero attached hydrogens (tertiary/aromatic N) is 2. The Kier molecular flexibility index (Phi) is 4.50. The van der Waals surface area contributed by atoms with Crippen molar-refractivity contribution in [2.45, 2.75) is 38.5 Å². The highest BCUT2D eigenvalue weighted by Crippen LogP contribution is 2.32. The fraction of sp³-hybridized carbons (Fsp3) is 0.500. The van der Waals surface area contributed by atoms with Gasteiger partial charge in [-0.05, 0) is 44.1 Å². The van der Waals surface area contributed by atoms with Gasteiger partial charge in [0, 0.05) is 40.8 Å². The van der Waals surface area contributed by atoms with E-state index in [1.807, 2.05) is 15.7 Å². The van der Waals surface area contributed by atoms with Crippen molar-refractivity contribution >= 4 is 34.4 Å². The molecular weight excluding hydrogens is 340 g/mol. The third kappa shape index (κ3) is 2.93. The molecule has 0 atom stereocenters. The van der Waals surface area contributed by atoms with Crippen molar-refractivity contribution in [3.63, 3.8) is 0 Å². The first-order valence-electron chi connectivity index (χ1n) is 8.56. The van der Waals surface area contributed by atoms with Crippen LogP contribution in [0.3, 0.4) is 0 Å². The molecule has 1 aliphatic heterocycles. The van der Waals surface area contributed by atoms with Gasteiger partial charge in [0.2, 0.25) is 0 Å². The van der Waals surface area contributed by atoms with Crippen LogP contribution in [0.1, 0.15) is 56.3 Å². The van der Waals surface area contributed by atoms with E-state index in [1.165, 1.54) is 34.6 Å². The SMILES string of the molecule is O=C(c1nccs1)C1CCN(C(=O)c2csc3c2CCCC3)CC1. The molecule has 6 heteroatoms. The highest BCUT2D eigenvalue weighted by molar-refractivity contribution is 7.11. The molecule has 0 aromatic carbocycles. The number of rotatable bonds is 3. The van der Waals surface area contributed by atoms with E-state index in [2.05, 4.69) is 4.98 Å². The van der Waals surface area contributed by atoms with Gasteiger partial charge in [-0.25, -0.2) is 4.98 Å². The second kappa shape index (κ2) is 6.76. The van der Waals surface area contributed by atoms with Crippen molar-refractivity contribution in [3.05, 3.63) is 38.0 Å². The van der Waals surface area contributed by atoms with E-state index in [1.54, 1.807) is 17.5 Å². The Bertz CT molecular complexity index is 743. The smallest absolute Gasteiger partial charge is 0.254 e. The number of amides is 1. The molecule has 1 amide bonds. The van der Waals surface area contributed by atoms with Crippen molar-refractivity contribution in [1.29, 1.82) is 0 Å². The van der Waals surface area contributed by atoms with Crippen LogP contribution in [0.15, 0.2) is 17.0 Å². The molecule has 1 fully saturated rings. The van der Waals surface area contributed by atoms with Crippen LogP contribution in [0.2, 0.25) is 0 Å². The van der Waals surface area contributed by atoms with E-state index in [-0.39, 0.29) is 17.6 Å². The number of aromatic nitrogens is 1. The number of thiazole rings is 1. The Morgan fingerprint density at radius 3 is 2.67 bits per heavy atom. The maximum atomic E-state index is 12.9. The summed E-state index contributed by atoms with van der Waals surface area (Å²) in [7, 11) is 0. The maximum absolute atomic E-state index is 12.9. The van der Waals surface area contributed by atoms with E-state index in [9.17, 15) is 9.59 Å². The molecule has 24 heavy (non-hydrogen) atoms. The highest BCUT2D eigenvalue weighted by Gasteiger charge is 2.31. The molecule has 2 aromatic heterocycles. The standard InChI is InChI=1S/C18H20N2O2S2/c21-16(17-19-7-10-23-17)12-5-8-20(9-6-12)18(22)14-11-24-15-4-2-1-3-13(14)15/h7,10-12H,1-6,8-9H2. The molecule has 126 valence electrons. The first kappa shape index (κ1) is 16.0. The molecule has 4 nitrogen and oxygen atoms in total. The van der Waals surface area contributed by atoms with E-state index in [0.717, 1.165) is 31.2 Å².